The van der Waals surface area contributed by atoms with Crippen molar-refractivity contribution in [1.29, 1.82) is 0 Å². The first-order valence-electron chi connectivity index (χ1n) is 6.65. The molecule has 0 aliphatic heterocycles. The highest BCUT2D eigenvalue weighted by molar-refractivity contribution is 7.85. The van der Waals surface area contributed by atoms with Crippen LogP contribution in [0.15, 0.2) is 75.8 Å². The highest BCUT2D eigenvalue weighted by Crippen LogP contribution is 2.37. The minimum atomic E-state index is -4.34. The molecule has 0 saturated carbocycles. The Labute approximate surface area is 132 Å². The molecule has 3 rings (SSSR count). The van der Waals surface area contributed by atoms with E-state index in [4.69, 9.17) is 0 Å². The van der Waals surface area contributed by atoms with Crippen LogP contribution < -0.4 is 0 Å². The van der Waals surface area contributed by atoms with Crippen LogP contribution in [0.3, 0.4) is 0 Å². The molecule has 0 unspecified atom stereocenters. The summed E-state index contributed by atoms with van der Waals surface area (Å²) in [6.07, 6.45) is 0. The average Bonchev–Trinajstić information content (AvgIpc) is 2.53. The average molecular weight is 328 g/mol. The van der Waals surface area contributed by atoms with Gasteiger partial charge in [0.15, 0.2) is 0 Å². The Kier molecular flexibility index (Phi) is 3.81. The van der Waals surface area contributed by atoms with Crippen molar-refractivity contribution in [2.24, 2.45) is 10.2 Å². The Morgan fingerprint density at radius 2 is 1.57 bits per heavy atom. The standard InChI is InChI=1S/C16H12N2O4S/c19-15-9-7-11-6-8-13(23(20,21)22)10-14(11)16(15)18-17-12-4-2-1-3-5-12/h1-10,19H,(H,20,21,22). The number of benzene rings is 3. The number of nitrogens with zero attached hydrogens (tertiary/aromatic N) is 2. The van der Waals surface area contributed by atoms with Crippen molar-refractivity contribution in [3.63, 3.8) is 0 Å². The van der Waals surface area contributed by atoms with Gasteiger partial charge in [-0.15, -0.1) is 5.11 Å². The van der Waals surface area contributed by atoms with E-state index in [0.29, 0.717) is 16.5 Å². The zero-order valence-corrected chi connectivity index (χ0v) is 12.6. The molecular formula is C16H12N2O4S. The molecule has 0 radical (unpaired) electrons. The van der Waals surface area contributed by atoms with E-state index < -0.39 is 10.1 Å². The van der Waals surface area contributed by atoms with Crippen molar-refractivity contribution >= 4 is 32.3 Å². The van der Waals surface area contributed by atoms with Gasteiger partial charge in [0.1, 0.15) is 11.4 Å². The minimum absolute atomic E-state index is 0.135. The van der Waals surface area contributed by atoms with Gasteiger partial charge in [0.2, 0.25) is 0 Å². The molecule has 23 heavy (non-hydrogen) atoms. The van der Waals surface area contributed by atoms with Crippen LogP contribution >= 0.6 is 0 Å². The fourth-order valence-corrected chi connectivity index (χ4v) is 2.65. The fraction of sp³-hybridized carbons (Fsp3) is 0. The zero-order chi connectivity index (χ0) is 16.4. The number of rotatable bonds is 3. The summed E-state index contributed by atoms with van der Waals surface area (Å²) in [5.41, 5.74) is 0.728. The zero-order valence-electron chi connectivity index (χ0n) is 11.8. The van der Waals surface area contributed by atoms with Gasteiger partial charge in [-0.1, -0.05) is 30.3 Å². The lowest BCUT2D eigenvalue weighted by molar-refractivity contribution is 0.476. The van der Waals surface area contributed by atoms with Gasteiger partial charge in [0.05, 0.1) is 10.6 Å². The van der Waals surface area contributed by atoms with Gasteiger partial charge in [-0.3, -0.25) is 4.55 Å². The topological polar surface area (TPSA) is 99.3 Å². The van der Waals surface area contributed by atoms with Gasteiger partial charge < -0.3 is 5.11 Å². The lowest BCUT2D eigenvalue weighted by Crippen LogP contribution is -1.97. The predicted octanol–water partition coefficient (Wildman–Crippen LogP) is 4.21. The quantitative estimate of drug-likeness (QED) is 0.555. The van der Waals surface area contributed by atoms with Crippen molar-refractivity contribution in [3.8, 4) is 5.75 Å². The Balaban J connectivity index is 2.18. The van der Waals surface area contributed by atoms with Crippen molar-refractivity contribution < 1.29 is 18.1 Å². The molecule has 2 N–H and O–H groups in total. The van der Waals surface area contributed by atoms with E-state index in [1.54, 1.807) is 30.3 Å². The third kappa shape index (κ3) is 3.20. The second kappa shape index (κ2) is 5.79. The molecule has 0 heterocycles. The molecule has 0 atom stereocenters. The highest BCUT2D eigenvalue weighted by Gasteiger charge is 2.13. The van der Waals surface area contributed by atoms with Gasteiger partial charge in [-0.2, -0.15) is 13.5 Å². The summed E-state index contributed by atoms with van der Waals surface area (Å²) in [4.78, 5) is -0.272. The van der Waals surface area contributed by atoms with Crippen molar-refractivity contribution in [3.05, 3.63) is 60.7 Å². The van der Waals surface area contributed by atoms with Crippen LogP contribution in [0.4, 0.5) is 11.4 Å². The summed E-state index contributed by atoms with van der Waals surface area (Å²) in [5.74, 6) is -0.135. The largest absolute Gasteiger partial charge is 0.506 e. The minimum Gasteiger partial charge on any atom is -0.506 e. The summed E-state index contributed by atoms with van der Waals surface area (Å²) >= 11 is 0. The second-order valence-corrected chi connectivity index (χ2v) is 6.25. The molecule has 116 valence electrons. The van der Waals surface area contributed by atoms with Crippen molar-refractivity contribution in [1.82, 2.24) is 0 Å². The molecule has 6 nitrogen and oxygen atoms in total. The lowest BCUT2D eigenvalue weighted by Gasteiger charge is -2.05. The number of aromatic hydroxyl groups is 1. The first-order valence-corrected chi connectivity index (χ1v) is 8.09. The van der Waals surface area contributed by atoms with Crippen LogP contribution in [-0.4, -0.2) is 18.1 Å². The van der Waals surface area contributed by atoms with Crippen LogP contribution in [0.5, 0.6) is 5.75 Å². The van der Waals surface area contributed by atoms with Gasteiger partial charge in [0.25, 0.3) is 10.1 Å². The van der Waals surface area contributed by atoms with E-state index in [2.05, 4.69) is 10.2 Å². The van der Waals surface area contributed by atoms with Crippen LogP contribution in [0.2, 0.25) is 0 Å². The highest BCUT2D eigenvalue weighted by atomic mass is 32.2. The van der Waals surface area contributed by atoms with E-state index in [0.717, 1.165) is 0 Å². The summed E-state index contributed by atoms with van der Waals surface area (Å²) in [5, 5.41) is 19.1. The molecule has 0 aromatic heterocycles. The van der Waals surface area contributed by atoms with Gasteiger partial charge in [-0.25, -0.2) is 0 Å². The maximum atomic E-state index is 11.3. The van der Waals surface area contributed by atoms with Crippen molar-refractivity contribution in [2.75, 3.05) is 0 Å². The second-order valence-electron chi connectivity index (χ2n) is 4.83. The summed E-state index contributed by atoms with van der Waals surface area (Å²) in [7, 11) is -4.34. The maximum Gasteiger partial charge on any atom is 0.294 e. The fourth-order valence-electron chi connectivity index (χ4n) is 2.14. The third-order valence-electron chi connectivity index (χ3n) is 3.26. The number of hydrogen-bond acceptors (Lipinski definition) is 5. The lowest BCUT2D eigenvalue weighted by atomic mass is 10.1. The van der Waals surface area contributed by atoms with E-state index >= 15 is 0 Å². The molecule has 0 aliphatic rings. The smallest absolute Gasteiger partial charge is 0.294 e. The molecule has 0 aliphatic carbocycles. The molecule has 0 amide bonds. The number of hydrogen-bond donors (Lipinski definition) is 2. The molecule has 0 fully saturated rings. The monoisotopic (exact) mass is 328 g/mol. The Morgan fingerprint density at radius 3 is 2.26 bits per heavy atom. The van der Waals surface area contributed by atoms with Crippen LogP contribution in [-0.2, 0) is 10.1 Å². The predicted molar refractivity (Wildman–Crippen MR) is 86.0 cm³/mol. The van der Waals surface area contributed by atoms with E-state index in [1.807, 2.05) is 6.07 Å². The van der Waals surface area contributed by atoms with Crippen LogP contribution in [0.25, 0.3) is 10.8 Å². The van der Waals surface area contributed by atoms with Crippen molar-refractivity contribution in [2.45, 2.75) is 4.90 Å². The normalized spacial score (nSPS) is 12.0. The molecule has 0 spiro atoms. The van der Waals surface area contributed by atoms with Crippen LogP contribution in [0.1, 0.15) is 0 Å². The SMILES string of the molecule is O=S(=O)(O)c1ccc2ccc(O)c(N=Nc3ccccc3)c2c1. The molecule has 3 aromatic carbocycles. The van der Waals surface area contributed by atoms with Gasteiger partial charge >= 0.3 is 0 Å². The van der Waals surface area contributed by atoms with E-state index in [-0.39, 0.29) is 16.3 Å². The maximum absolute atomic E-state index is 11.3. The first-order chi connectivity index (χ1) is 10.9. The van der Waals surface area contributed by atoms with Gasteiger partial charge in [0, 0.05) is 5.39 Å². The van der Waals surface area contributed by atoms with E-state index in [1.165, 1.54) is 24.3 Å². The number of azo groups is 1. The van der Waals surface area contributed by atoms with Gasteiger partial charge in [-0.05, 0) is 35.7 Å². The molecule has 0 saturated heterocycles. The Morgan fingerprint density at radius 1 is 0.870 bits per heavy atom. The molecule has 0 bridgehead atoms. The Bertz CT molecular complexity index is 999. The summed E-state index contributed by atoms with van der Waals surface area (Å²) < 4.78 is 31.8. The number of fused-ring (bicyclic) bond motifs is 1. The Hall–Kier alpha value is -2.77. The third-order valence-corrected chi connectivity index (χ3v) is 4.11. The molecule has 7 heteroatoms. The number of phenolic OH excluding ortho intramolecular Hbond substituents is 1. The summed E-state index contributed by atoms with van der Waals surface area (Å²) in [6, 6.07) is 16.1. The first kappa shape index (κ1) is 15.1. The molecular weight excluding hydrogens is 316 g/mol. The summed E-state index contributed by atoms with van der Waals surface area (Å²) in [6.45, 7) is 0. The molecule has 3 aromatic rings. The van der Waals surface area contributed by atoms with E-state index in [9.17, 15) is 18.1 Å². The number of phenols is 1. The van der Waals surface area contributed by atoms with Crippen LogP contribution in [0, 0.1) is 0 Å².